The first-order valence-electron chi connectivity index (χ1n) is 4.70. The quantitative estimate of drug-likeness (QED) is 0.803. The predicted molar refractivity (Wildman–Crippen MR) is 58.4 cm³/mol. The summed E-state index contributed by atoms with van der Waals surface area (Å²) in [5.41, 5.74) is 7.01. The zero-order valence-corrected chi connectivity index (χ0v) is 8.75. The summed E-state index contributed by atoms with van der Waals surface area (Å²) in [6.45, 7) is 0. The van der Waals surface area contributed by atoms with Crippen molar-refractivity contribution in [3.63, 3.8) is 0 Å². The maximum absolute atomic E-state index is 8.85. The second kappa shape index (κ2) is 4.13. The van der Waals surface area contributed by atoms with Crippen LogP contribution in [0.3, 0.4) is 0 Å². The van der Waals surface area contributed by atoms with Crippen molar-refractivity contribution in [3.05, 3.63) is 36.2 Å². The van der Waals surface area contributed by atoms with Gasteiger partial charge in [0.1, 0.15) is 18.1 Å². The van der Waals surface area contributed by atoms with E-state index in [9.17, 15) is 0 Å². The van der Waals surface area contributed by atoms with E-state index in [0.29, 0.717) is 11.3 Å². The molecule has 0 spiro atoms. The number of nitrogens with two attached hydrogens (primary N) is 1. The summed E-state index contributed by atoms with van der Waals surface area (Å²) >= 11 is 0. The Labute approximate surface area is 93.3 Å². The summed E-state index contributed by atoms with van der Waals surface area (Å²) in [4.78, 5) is 1.74. The monoisotopic (exact) mass is 217 g/mol. The molecule has 16 heavy (non-hydrogen) atoms. The highest BCUT2D eigenvalue weighted by Crippen LogP contribution is 2.27. The van der Waals surface area contributed by atoms with E-state index in [4.69, 9.17) is 20.5 Å². The molecule has 0 bridgehead atoms. The van der Waals surface area contributed by atoms with Crippen LogP contribution in [0.5, 0.6) is 5.75 Å². The lowest BCUT2D eigenvalue weighted by molar-refractivity contribution is 0.178. The molecule has 0 aromatic heterocycles. The minimum Gasteiger partial charge on any atom is -0.495 e. The van der Waals surface area contributed by atoms with Crippen molar-refractivity contribution in [1.29, 1.82) is 5.26 Å². The zero-order valence-electron chi connectivity index (χ0n) is 8.75. The Morgan fingerprint density at radius 2 is 2.38 bits per heavy atom. The van der Waals surface area contributed by atoms with Gasteiger partial charge in [-0.15, -0.1) is 0 Å². The second-order valence-corrected chi connectivity index (χ2v) is 3.22. The van der Waals surface area contributed by atoms with Crippen molar-refractivity contribution in [2.75, 3.05) is 12.0 Å². The average Bonchev–Trinajstić information content (AvgIpc) is 2.74. The first kappa shape index (κ1) is 10.3. The lowest BCUT2D eigenvalue weighted by Crippen LogP contribution is -2.35. The van der Waals surface area contributed by atoms with Gasteiger partial charge in [-0.25, -0.2) is 0 Å². The summed E-state index contributed by atoms with van der Waals surface area (Å²) < 4.78 is 10.2. The topological polar surface area (TPSA) is 71.5 Å². The standard InChI is InChI=1S/C11H11N3O2/c1-15-10-6-9(3-2-8(10)7-12)14-4-5-16-11(14)13/h2-6,11H,13H2,1H3. The summed E-state index contributed by atoms with van der Waals surface area (Å²) in [6, 6.07) is 7.28. The number of nitrogens with zero attached hydrogens (tertiary/aromatic N) is 2. The molecule has 1 aliphatic rings. The molecule has 0 fully saturated rings. The molecule has 0 radical (unpaired) electrons. The van der Waals surface area contributed by atoms with Gasteiger partial charge in [0, 0.05) is 18.0 Å². The average molecular weight is 217 g/mol. The number of hydrogen-bond donors (Lipinski definition) is 1. The highest BCUT2D eigenvalue weighted by Gasteiger charge is 2.18. The third-order valence-corrected chi connectivity index (χ3v) is 2.32. The number of methoxy groups -OCH3 is 1. The van der Waals surface area contributed by atoms with Crippen molar-refractivity contribution >= 4 is 5.69 Å². The normalized spacial score (nSPS) is 18.1. The van der Waals surface area contributed by atoms with Crippen LogP contribution in [0.1, 0.15) is 5.56 Å². The molecule has 1 aromatic rings. The summed E-state index contributed by atoms with van der Waals surface area (Å²) in [7, 11) is 1.52. The van der Waals surface area contributed by atoms with Crippen molar-refractivity contribution in [2.24, 2.45) is 5.73 Å². The van der Waals surface area contributed by atoms with Gasteiger partial charge in [0.25, 0.3) is 0 Å². The van der Waals surface area contributed by atoms with Crippen molar-refractivity contribution in [1.82, 2.24) is 0 Å². The highest BCUT2D eigenvalue weighted by molar-refractivity contribution is 5.59. The number of rotatable bonds is 2. The summed E-state index contributed by atoms with van der Waals surface area (Å²) in [6.07, 6.45) is 2.72. The minimum atomic E-state index is -0.530. The number of ether oxygens (including phenoxy) is 2. The molecule has 1 atom stereocenters. The van der Waals surface area contributed by atoms with Crippen LogP contribution >= 0.6 is 0 Å². The van der Waals surface area contributed by atoms with Crippen LogP contribution in [0.15, 0.2) is 30.7 Å². The van der Waals surface area contributed by atoms with E-state index >= 15 is 0 Å². The molecule has 2 rings (SSSR count). The van der Waals surface area contributed by atoms with E-state index < -0.39 is 6.35 Å². The van der Waals surface area contributed by atoms with Gasteiger partial charge in [0.15, 0.2) is 0 Å². The van der Waals surface area contributed by atoms with Crippen LogP contribution in [0.25, 0.3) is 0 Å². The Morgan fingerprint density at radius 3 is 2.94 bits per heavy atom. The largest absolute Gasteiger partial charge is 0.495 e. The molecule has 0 saturated carbocycles. The van der Waals surface area contributed by atoms with Gasteiger partial charge in [-0.3, -0.25) is 10.6 Å². The highest BCUT2D eigenvalue weighted by atomic mass is 16.5. The summed E-state index contributed by atoms with van der Waals surface area (Å²) in [5, 5.41) is 8.85. The fourth-order valence-corrected chi connectivity index (χ4v) is 1.50. The maximum Gasteiger partial charge on any atom is 0.230 e. The van der Waals surface area contributed by atoms with Crippen LogP contribution in [0, 0.1) is 11.3 Å². The van der Waals surface area contributed by atoms with Gasteiger partial charge in [0.2, 0.25) is 6.35 Å². The van der Waals surface area contributed by atoms with Crippen molar-refractivity contribution in [3.8, 4) is 11.8 Å². The first-order chi connectivity index (χ1) is 7.76. The third kappa shape index (κ3) is 1.66. The van der Waals surface area contributed by atoms with E-state index in [0.717, 1.165) is 5.69 Å². The predicted octanol–water partition coefficient (Wildman–Crippen LogP) is 1.12. The van der Waals surface area contributed by atoms with Gasteiger partial charge in [-0.2, -0.15) is 5.26 Å². The van der Waals surface area contributed by atoms with Crippen molar-refractivity contribution < 1.29 is 9.47 Å². The van der Waals surface area contributed by atoms with Crippen LogP contribution in [-0.2, 0) is 4.74 Å². The first-order valence-corrected chi connectivity index (χ1v) is 4.70. The van der Waals surface area contributed by atoms with Crippen LogP contribution in [0.2, 0.25) is 0 Å². The zero-order chi connectivity index (χ0) is 11.5. The van der Waals surface area contributed by atoms with E-state index in [1.54, 1.807) is 29.3 Å². The molecule has 5 heteroatoms. The molecule has 1 aromatic carbocycles. The minimum absolute atomic E-state index is 0.490. The lowest BCUT2D eigenvalue weighted by Gasteiger charge is -2.20. The number of benzene rings is 1. The molecule has 2 N–H and O–H groups in total. The SMILES string of the molecule is COc1cc(N2C=COC2N)ccc1C#N. The fraction of sp³-hybridized carbons (Fsp3) is 0.182. The number of nitriles is 1. The van der Waals surface area contributed by atoms with Crippen LogP contribution in [-0.4, -0.2) is 13.5 Å². The molecular formula is C11H11N3O2. The van der Waals surface area contributed by atoms with E-state index in [1.165, 1.54) is 13.4 Å². The Hall–Kier alpha value is -2.19. The molecule has 1 unspecified atom stereocenters. The van der Waals surface area contributed by atoms with Gasteiger partial charge in [-0.1, -0.05) is 0 Å². The van der Waals surface area contributed by atoms with Crippen LogP contribution in [0.4, 0.5) is 5.69 Å². The molecule has 1 heterocycles. The summed E-state index contributed by atoms with van der Waals surface area (Å²) in [5.74, 6) is 0.521. The third-order valence-electron chi connectivity index (χ3n) is 2.32. The van der Waals surface area contributed by atoms with Gasteiger partial charge < -0.3 is 9.47 Å². The Balaban J connectivity index is 2.37. The van der Waals surface area contributed by atoms with Gasteiger partial charge >= 0.3 is 0 Å². The van der Waals surface area contributed by atoms with Gasteiger partial charge in [0.05, 0.1) is 12.7 Å². The van der Waals surface area contributed by atoms with Crippen LogP contribution < -0.4 is 15.4 Å². The van der Waals surface area contributed by atoms with E-state index in [-0.39, 0.29) is 0 Å². The van der Waals surface area contributed by atoms with Gasteiger partial charge in [-0.05, 0) is 12.1 Å². The molecule has 5 nitrogen and oxygen atoms in total. The smallest absolute Gasteiger partial charge is 0.230 e. The number of hydrogen-bond acceptors (Lipinski definition) is 5. The van der Waals surface area contributed by atoms with E-state index in [1.807, 2.05) is 0 Å². The van der Waals surface area contributed by atoms with E-state index in [2.05, 4.69) is 6.07 Å². The fourth-order valence-electron chi connectivity index (χ4n) is 1.50. The number of anilines is 1. The van der Waals surface area contributed by atoms with Crippen molar-refractivity contribution in [2.45, 2.75) is 6.35 Å². The molecular weight excluding hydrogens is 206 g/mol. The molecule has 0 aliphatic carbocycles. The molecule has 0 saturated heterocycles. The second-order valence-electron chi connectivity index (χ2n) is 3.22. The molecule has 1 aliphatic heterocycles. The Bertz CT molecular complexity index is 465. The maximum atomic E-state index is 8.85. The lowest BCUT2D eigenvalue weighted by atomic mass is 10.2. The Kier molecular flexibility index (Phi) is 2.66. The Morgan fingerprint density at radius 1 is 1.56 bits per heavy atom. The molecule has 82 valence electrons. The molecule has 0 amide bonds.